The quantitative estimate of drug-likeness (QED) is 0.726. The van der Waals surface area contributed by atoms with Crippen LogP contribution >= 0.6 is 0 Å². The van der Waals surface area contributed by atoms with Gasteiger partial charge in [-0.15, -0.1) is 0 Å². The largest absolute Gasteiger partial charge is 0.380 e. The number of hydrogen-bond donors (Lipinski definition) is 2. The van der Waals surface area contributed by atoms with Gasteiger partial charge in [0.15, 0.2) is 0 Å². The van der Waals surface area contributed by atoms with E-state index in [0.717, 1.165) is 0 Å². The van der Waals surface area contributed by atoms with Crippen LogP contribution in [0.1, 0.15) is 17.4 Å². The molecule has 1 rings (SSSR count). The van der Waals surface area contributed by atoms with E-state index >= 15 is 0 Å². The highest BCUT2D eigenvalue weighted by Crippen LogP contribution is 2.12. The standard InChI is InChI=1S/C10H17N3O4S/c1-7(17-3)5-12-18(15,16)8-4-9(10(11)14)13(2)6-8/h4,6-7,12H,5H2,1-3H3,(H2,11,14). The van der Waals surface area contributed by atoms with Crippen molar-refractivity contribution in [2.24, 2.45) is 12.8 Å². The summed E-state index contributed by atoms with van der Waals surface area (Å²) in [5, 5.41) is 0. The molecule has 0 aliphatic rings. The molecule has 0 aliphatic carbocycles. The molecule has 0 aliphatic heterocycles. The van der Waals surface area contributed by atoms with Gasteiger partial charge in [0.05, 0.1) is 6.10 Å². The molecule has 0 saturated carbocycles. The first-order valence-corrected chi connectivity index (χ1v) is 6.75. The number of methoxy groups -OCH3 is 1. The topological polar surface area (TPSA) is 103 Å². The number of aryl methyl sites for hydroxylation is 1. The lowest BCUT2D eigenvalue weighted by atomic mass is 10.4. The second-order valence-electron chi connectivity index (χ2n) is 3.93. The fourth-order valence-electron chi connectivity index (χ4n) is 1.32. The maximum absolute atomic E-state index is 11.9. The molecule has 18 heavy (non-hydrogen) atoms. The molecule has 102 valence electrons. The highest BCUT2D eigenvalue weighted by Gasteiger charge is 2.19. The summed E-state index contributed by atoms with van der Waals surface area (Å²) in [5.41, 5.74) is 5.25. The number of sulfonamides is 1. The van der Waals surface area contributed by atoms with Gasteiger partial charge in [-0.2, -0.15) is 0 Å². The van der Waals surface area contributed by atoms with E-state index in [1.165, 1.54) is 23.9 Å². The Labute approximate surface area is 106 Å². The van der Waals surface area contributed by atoms with E-state index in [0.29, 0.717) is 0 Å². The van der Waals surface area contributed by atoms with Crippen LogP contribution in [-0.2, 0) is 21.8 Å². The zero-order valence-corrected chi connectivity index (χ0v) is 11.3. The maximum Gasteiger partial charge on any atom is 0.265 e. The van der Waals surface area contributed by atoms with E-state index in [9.17, 15) is 13.2 Å². The molecule has 0 bridgehead atoms. The average Bonchev–Trinajstić information content (AvgIpc) is 2.69. The summed E-state index contributed by atoms with van der Waals surface area (Å²) in [7, 11) is -0.614. The SMILES string of the molecule is COC(C)CNS(=O)(=O)c1cc(C(N)=O)n(C)c1. The summed E-state index contributed by atoms with van der Waals surface area (Å²) < 4.78 is 32.5. The van der Waals surface area contributed by atoms with Gasteiger partial charge in [-0.05, 0) is 13.0 Å². The lowest BCUT2D eigenvalue weighted by molar-refractivity contribution is 0.0992. The molecular formula is C10H17N3O4S. The number of nitrogens with one attached hydrogen (secondary N) is 1. The molecule has 1 unspecified atom stereocenters. The average molecular weight is 275 g/mol. The van der Waals surface area contributed by atoms with Crippen LogP contribution in [0.25, 0.3) is 0 Å². The minimum Gasteiger partial charge on any atom is -0.380 e. The van der Waals surface area contributed by atoms with Crippen molar-refractivity contribution in [3.05, 3.63) is 18.0 Å². The van der Waals surface area contributed by atoms with E-state index < -0.39 is 15.9 Å². The summed E-state index contributed by atoms with van der Waals surface area (Å²) in [6.07, 6.45) is 1.10. The monoisotopic (exact) mass is 275 g/mol. The Kier molecular flexibility index (Phi) is 4.49. The van der Waals surface area contributed by atoms with Crippen LogP contribution in [0.15, 0.2) is 17.2 Å². The Morgan fingerprint density at radius 1 is 1.61 bits per heavy atom. The van der Waals surface area contributed by atoms with Gasteiger partial charge >= 0.3 is 0 Å². The predicted molar refractivity (Wildman–Crippen MR) is 65.6 cm³/mol. The van der Waals surface area contributed by atoms with Gasteiger partial charge in [0.1, 0.15) is 10.6 Å². The summed E-state index contributed by atoms with van der Waals surface area (Å²) >= 11 is 0. The van der Waals surface area contributed by atoms with Crippen molar-refractivity contribution in [1.29, 1.82) is 0 Å². The number of aromatic nitrogens is 1. The zero-order valence-electron chi connectivity index (χ0n) is 10.5. The minimum absolute atomic E-state index is 0.00195. The molecule has 0 fully saturated rings. The molecule has 0 spiro atoms. The Hall–Kier alpha value is -1.38. The van der Waals surface area contributed by atoms with Crippen molar-refractivity contribution < 1.29 is 17.9 Å². The van der Waals surface area contributed by atoms with Crippen LogP contribution in [0.5, 0.6) is 0 Å². The summed E-state index contributed by atoms with van der Waals surface area (Å²) in [6.45, 7) is 1.89. The lowest BCUT2D eigenvalue weighted by Gasteiger charge is -2.10. The van der Waals surface area contributed by atoms with Crippen LogP contribution in [-0.4, -0.2) is 38.7 Å². The van der Waals surface area contributed by atoms with Gasteiger partial charge in [0, 0.05) is 26.9 Å². The van der Waals surface area contributed by atoms with E-state index in [4.69, 9.17) is 10.5 Å². The van der Waals surface area contributed by atoms with E-state index in [-0.39, 0.29) is 23.2 Å². The number of amides is 1. The molecule has 8 heteroatoms. The summed E-state index contributed by atoms with van der Waals surface area (Å²) in [6, 6.07) is 1.24. The summed E-state index contributed by atoms with van der Waals surface area (Å²) in [5.74, 6) is -0.677. The van der Waals surface area contributed by atoms with E-state index in [1.54, 1.807) is 14.0 Å². The van der Waals surface area contributed by atoms with Gasteiger partial charge in [-0.1, -0.05) is 0 Å². The van der Waals surface area contributed by atoms with Gasteiger partial charge in [0.2, 0.25) is 10.0 Å². The maximum atomic E-state index is 11.9. The van der Waals surface area contributed by atoms with Crippen molar-refractivity contribution in [3.8, 4) is 0 Å². The number of carbonyl (C=O) groups excluding carboxylic acids is 1. The predicted octanol–water partition coefficient (Wildman–Crippen LogP) is -0.563. The molecular weight excluding hydrogens is 258 g/mol. The number of ether oxygens (including phenoxy) is 1. The number of primary amides is 1. The molecule has 7 nitrogen and oxygen atoms in total. The Bertz CT molecular complexity index is 535. The molecule has 3 N–H and O–H groups in total. The molecule has 1 atom stereocenters. The van der Waals surface area contributed by atoms with Crippen LogP contribution in [0, 0.1) is 0 Å². The normalized spacial score (nSPS) is 13.5. The van der Waals surface area contributed by atoms with Gasteiger partial charge in [0.25, 0.3) is 5.91 Å². The molecule has 1 aromatic rings. The first kappa shape index (κ1) is 14.7. The third-order valence-electron chi connectivity index (χ3n) is 2.51. The second kappa shape index (κ2) is 5.51. The zero-order chi connectivity index (χ0) is 13.9. The van der Waals surface area contributed by atoms with Crippen LogP contribution in [0.2, 0.25) is 0 Å². The fraction of sp³-hybridized carbons (Fsp3) is 0.500. The molecule has 1 amide bonds. The number of hydrogen-bond acceptors (Lipinski definition) is 4. The second-order valence-corrected chi connectivity index (χ2v) is 5.70. The van der Waals surface area contributed by atoms with Crippen molar-refractivity contribution in [1.82, 2.24) is 9.29 Å². The Morgan fingerprint density at radius 2 is 2.22 bits per heavy atom. The molecule has 1 heterocycles. The first-order valence-electron chi connectivity index (χ1n) is 5.26. The van der Waals surface area contributed by atoms with Crippen molar-refractivity contribution in [2.45, 2.75) is 17.9 Å². The van der Waals surface area contributed by atoms with Crippen LogP contribution in [0.3, 0.4) is 0 Å². The van der Waals surface area contributed by atoms with Crippen molar-refractivity contribution in [3.63, 3.8) is 0 Å². The molecule has 0 radical (unpaired) electrons. The highest BCUT2D eigenvalue weighted by molar-refractivity contribution is 7.89. The third kappa shape index (κ3) is 3.31. The van der Waals surface area contributed by atoms with E-state index in [1.807, 2.05) is 0 Å². The summed E-state index contributed by atoms with van der Waals surface area (Å²) in [4.78, 5) is 11.0. The van der Waals surface area contributed by atoms with Gasteiger partial charge in [-0.25, -0.2) is 13.1 Å². The van der Waals surface area contributed by atoms with Crippen LogP contribution < -0.4 is 10.5 Å². The van der Waals surface area contributed by atoms with Gasteiger partial charge < -0.3 is 15.0 Å². The fourth-order valence-corrected chi connectivity index (χ4v) is 2.50. The number of nitrogens with zero attached hydrogens (tertiary/aromatic N) is 1. The van der Waals surface area contributed by atoms with Crippen molar-refractivity contribution in [2.75, 3.05) is 13.7 Å². The molecule has 1 aromatic heterocycles. The van der Waals surface area contributed by atoms with Crippen LogP contribution in [0.4, 0.5) is 0 Å². The van der Waals surface area contributed by atoms with Crippen molar-refractivity contribution >= 4 is 15.9 Å². The minimum atomic E-state index is -3.66. The Morgan fingerprint density at radius 3 is 2.67 bits per heavy atom. The number of nitrogens with two attached hydrogens (primary N) is 1. The smallest absolute Gasteiger partial charge is 0.265 e. The molecule has 0 aromatic carbocycles. The van der Waals surface area contributed by atoms with Gasteiger partial charge in [-0.3, -0.25) is 4.79 Å². The Balaban J connectivity index is 2.92. The number of rotatable bonds is 6. The third-order valence-corrected chi connectivity index (χ3v) is 3.90. The number of carbonyl (C=O) groups is 1. The van der Waals surface area contributed by atoms with E-state index in [2.05, 4.69) is 4.72 Å². The first-order chi connectivity index (χ1) is 8.27. The highest BCUT2D eigenvalue weighted by atomic mass is 32.2. The lowest BCUT2D eigenvalue weighted by Crippen LogP contribution is -2.31. The molecule has 0 saturated heterocycles.